The lowest BCUT2D eigenvalue weighted by molar-refractivity contribution is -0.141. The molecule has 2 atom stereocenters. The smallest absolute Gasteiger partial charge is 0.307 e. The molecule has 1 saturated carbocycles. The number of ether oxygens (including phenoxy) is 1. The number of rotatable bonds is 6. The average molecular weight is 298 g/mol. The number of carboxylic acid groups (broad SMARTS) is 1. The fraction of sp³-hybridized carbons (Fsp3) is 0.429. The number of carbonyl (C=O) groups excluding carboxylic acids is 1. The molecule has 1 aliphatic carbocycles. The summed E-state index contributed by atoms with van der Waals surface area (Å²) >= 11 is 5.76. The Kier molecular flexibility index (Phi) is 4.49. The maximum absolute atomic E-state index is 11.9. The quantitative estimate of drug-likeness (QED) is 0.871. The number of amides is 1. The average Bonchev–Trinajstić information content (AvgIpc) is 3.20. The van der Waals surface area contributed by atoms with Crippen LogP contribution in [-0.4, -0.2) is 42.1 Å². The van der Waals surface area contributed by atoms with E-state index in [1.807, 2.05) is 0 Å². The molecule has 20 heavy (non-hydrogen) atoms. The van der Waals surface area contributed by atoms with Crippen LogP contribution in [0, 0.1) is 11.8 Å². The number of aliphatic carboxylic acids is 1. The molecule has 0 bridgehead atoms. The van der Waals surface area contributed by atoms with Crippen molar-refractivity contribution in [3.63, 3.8) is 0 Å². The molecule has 6 heteroatoms. The number of benzene rings is 1. The van der Waals surface area contributed by atoms with E-state index in [2.05, 4.69) is 0 Å². The highest BCUT2D eigenvalue weighted by Crippen LogP contribution is 2.39. The second-order valence-electron chi connectivity index (χ2n) is 4.85. The van der Waals surface area contributed by atoms with E-state index in [-0.39, 0.29) is 11.8 Å². The number of likely N-dealkylation sites (N-methyl/N-ethyl adjacent to an activating group) is 1. The lowest BCUT2D eigenvalue weighted by Crippen LogP contribution is -2.32. The number of halogens is 1. The molecule has 1 fully saturated rings. The fourth-order valence-electron chi connectivity index (χ4n) is 1.97. The van der Waals surface area contributed by atoms with Gasteiger partial charge in [0.05, 0.1) is 18.4 Å². The van der Waals surface area contributed by atoms with Crippen LogP contribution in [0.15, 0.2) is 24.3 Å². The Morgan fingerprint density at radius 1 is 1.35 bits per heavy atom. The molecular formula is C14H16ClNO4. The summed E-state index contributed by atoms with van der Waals surface area (Å²) in [5.41, 5.74) is 0. The first-order valence-electron chi connectivity index (χ1n) is 6.35. The van der Waals surface area contributed by atoms with Crippen molar-refractivity contribution in [2.24, 2.45) is 11.8 Å². The normalized spacial score (nSPS) is 20.3. The van der Waals surface area contributed by atoms with E-state index in [1.165, 1.54) is 4.90 Å². The first-order chi connectivity index (χ1) is 9.49. The summed E-state index contributed by atoms with van der Waals surface area (Å²) < 4.78 is 5.49. The van der Waals surface area contributed by atoms with E-state index in [1.54, 1.807) is 31.3 Å². The van der Waals surface area contributed by atoms with Crippen molar-refractivity contribution in [3.05, 3.63) is 29.3 Å². The van der Waals surface area contributed by atoms with Gasteiger partial charge in [0.2, 0.25) is 5.91 Å². The molecule has 0 saturated heterocycles. The predicted octanol–water partition coefficient (Wildman–Crippen LogP) is 1.90. The Bertz CT molecular complexity index is 502. The molecule has 1 aliphatic rings. The Labute approximate surface area is 122 Å². The maximum Gasteiger partial charge on any atom is 0.307 e. The SMILES string of the molecule is CN(CCOc1ccc(Cl)cc1)C(=O)[C@@H]1C[C@@H]1C(=O)O. The van der Waals surface area contributed by atoms with Crippen LogP contribution in [0.4, 0.5) is 0 Å². The van der Waals surface area contributed by atoms with Crippen LogP contribution in [0.2, 0.25) is 5.02 Å². The lowest BCUT2D eigenvalue weighted by Gasteiger charge is -2.17. The molecular weight excluding hydrogens is 282 g/mol. The van der Waals surface area contributed by atoms with Crippen LogP contribution in [0.3, 0.4) is 0 Å². The van der Waals surface area contributed by atoms with Gasteiger partial charge in [-0.1, -0.05) is 11.6 Å². The van der Waals surface area contributed by atoms with Crippen molar-refractivity contribution in [1.29, 1.82) is 0 Å². The van der Waals surface area contributed by atoms with Crippen molar-refractivity contribution in [1.82, 2.24) is 4.90 Å². The zero-order valence-corrected chi connectivity index (χ0v) is 11.8. The van der Waals surface area contributed by atoms with Gasteiger partial charge in [-0.15, -0.1) is 0 Å². The van der Waals surface area contributed by atoms with Gasteiger partial charge < -0.3 is 14.7 Å². The van der Waals surface area contributed by atoms with E-state index in [0.717, 1.165) is 0 Å². The van der Waals surface area contributed by atoms with Gasteiger partial charge in [-0.3, -0.25) is 9.59 Å². The second-order valence-corrected chi connectivity index (χ2v) is 5.29. The topological polar surface area (TPSA) is 66.8 Å². The summed E-state index contributed by atoms with van der Waals surface area (Å²) in [5.74, 6) is -1.22. The summed E-state index contributed by atoms with van der Waals surface area (Å²) in [6.45, 7) is 0.776. The first kappa shape index (κ1) is 14.7. The van der Waals surface area contributed by atoms with E-state index >= 15 is 0 Å². The van der Waals surface area contributed by atoms with E-state index in [0.29, 0.717) is 30.3 Å². The molecule has 0 radical (unpaired) electrons. The first-order valence-corrected chi connectivity index (χ1v) is 6.73. The minimum atomic E-state index is -0.894. The summed E-state index contributed by atoms with van der Waals surface area (Å²) in [6, 6.07) is 6.97. The fourth-order valence-corrected chi connectivity index (χ4v) is 2.09. The highest BCUT2D eigenvalue weighted by molar-refractivity contribution is 6.30. The van der Waals surface area contributed by atoms with Crippen LogP contribution in [-0.2, 0) is 9.59 Å². The molecule has 0 aromatic heterocycles. The van der Waals surface area contributed by atoms with Gasteiger partial charge in [0.25, 0.3) is 0 Å². The standard InChI is InChI=1S/C14H16ClNO4/c1-16(13(17)11-8-12(11)14(18)19)6-7-20-10-4-2-9(15)3-5-10/h2-5,11-12H,6-8H2,1H3,(H,18,19)/t11-,12+/m1/s1. The largest absolute Gasteiger partial charge is 0.492 e. The van der Waals surface area contributed by atoms with E-state index in [4.69, 9.17) is 21.4 Å². The third kappa shape index (κ3) is 3.63. The number of hydrogen-bond acceptors (Lipinski definition) is 3. The molecule has 0 heterocycles. The van der Waals surface area contributed by atoms with Crippen LogP contribution in [0.1, 0.15) is 6.42 Å². The van der Waals surface area contributed by atoms with Gasteiger partial charge in [-0.2, -0.15) is 0 Å². The molecule has 1 N–H and O–H groups in total. The zero-order chi connectivity index (χ0) is 14.7. The molecule has 108 valence electrons. The highest BCUT2D eigenvalue weighted by Gasteiger charge is 2.49. The molecule has 1 aromatic rings. The predicted molar refractivity (Wildman–Crippen MR) is 73.8 cm³/mol. The maximum atomic E-state index is 11.9. The molecule has 2 rings (SSSR count). The summed E-state index contributed by atoms with van der Waals surface area (Å²) in [5, 5.41) is 9.43. The summed E-state index contributed by atoms with van der Waals surface area (Å²) in [4.78, 5) is 24.1. The van der Waals surface area contributed by atoms with Crippen molar-refractivity contribution >= 4 is 23.5 Å². The highest BCUT2D eigenvalue weighted by atomic mass is 35.5. The molecule has 0 spiro atoms. The summed E-state index contributed by atoms with van der Waals surface area (Å²) in [7, 11) is 1.66. The van der Waals surface area contributed by atoms with Crippen molar-refractivity contribution in [2.75, 3.05) is 20.2 Å². The van der Waals surface area contributed by atoms with E-state index in [9.17, 15) is 9.59 Å². The molecule has 1 aromatic carbocycles. The molecule has 0 unspecified atom stereocenters. The zero-order valence-electron chi connectivity index (χ0n) is 11.1. The molecule has 0 aliphatic heterocycles. The van der Waals surface area contributed by atoms with Gasteiger partial charge >= 0.3 is 5.97 Å². The van der Waals surface area contributed by atoms with Gasteiger partial charge in [0.1, 0.15) is 12.4 Å². The van der Waals surface area contributed by atoms with Gasteiger partial charge in [0, 0.05) is 12.1 Å². The van der Waals surface area contributed by atoms with E-state index < -0.39 is 11.9 Å². The number of nitrogens with zero attached hydrogens (tertiary/aromatic N) is 1. The minimum Gasteiger partial charge on any atom is -0.492 e. The number of carbonyl (C=O) groups is 2. The third-order valence-corrected chi connectivity index (χ3v) is 3.56. The van der Waals surface area contributed by atoms with Gasteiger partial charge in [-0.25, -0.2) is 0 Å². The van der Waals surface area contributed by atoms with Crippen LogP contribution in [0.5, 0.6) is 5.75 Å². The number of carboxylic acids is 1. The van der Waals surface area contributed by atoms with Crippen molar-refractivity contribution in [3.8, 4) is 5.75 Å². The third-order valence-electron chi connectivity index (χ3n) is 3.31. The van der Waals surface area contributed by atoms with Crippen molar-refractivity contribution < 1.29 is 19.4 Å². The lowest BCUT2D eigenvalue weighted by atomic mass is 10.3. The van der Waals surface area contributed by atoms with Gasteiger partial charge in [0.15, 0.2) is 0 Å². The van der Waals surface area contributed by atoms with Crippen LogP contribution >= 0.6 is 11.6 Å². The molecule has 5 nitrogen and oxygen atoms in total. The Morgan fingerprint density at radius 3 is 2.55 bits per heavy atom. The minimum absolute atomic E-state index is 0.128. The second kappa shape index (κ2) is 6.13. The number of hydrogen-bond donors (Lipinski definition) is 1. The summed E-state index contributed by atoms with van der Waals surface area (Å²) in [6.07, 6.45) is 0.441. The Balaban J connectivity index is 1.73. The van der Waals surface area contributed by atoms with Gasteiger partial charge in [-0.05, 0) is 30.7 Å². The van der Waals surface area contributed by atoms with Crippen LogP contribution in [0.25, 0.3) is 0 Å². The van der Waals surface area contributed by atoms with Crippen LogP contribution < -0.4 is 4.74 Å². The van der Waals surface area contributed by atoms with Crippen molar-refractivity contribution in [2.45, 2.75) is 6.42 Å². The Hall–Kier alpha value is -1.75. The molecule has 1 amide bonds. The Morgan fingerprint density at radius 2 is 2.00 bits per heavy atom. The monoisotopic (exact) mass is 297 g/mol.